The molecule has 3 rings (SSSR count). The van der Waals surface area contributed by atoms with Crippen molar-refractivity contribution in [2.24, 2.45) is 4.99 Å². The van der Waals surface area contributed by atoms with E-state index in [0.717, 1.165) is 36.1 Å². The fourth-order valence-electron chi connectivity index (χ4n) is 2.26. The van der Waals surface area contributed by atoms with Crippen LogP contribution in [0.3, 0.4) is 0 Å². The molecule has 82 valence electrons. The molecule has 2 aliphatic rings. The van der Waals surface area contributed by atoms with E-state index in [2.05, 4.69) is 4.99 Å². The highest BCUT2D eigenvalue weighted by Crippen LogP contribution is 2.54. The standard InChI is InChI=1S/C12H10ClNO2/c13-9-5-8-1-4-16-11(8)10(6-9)12(2-3-12)14-7-15/h5-6H,1-4H2. The van der Waals surface area contributed by atoms with Crippen molar-refractivity contribution in [1.29, 1.82) is 0 Å². The van der Waals surface area contributed by atoms with Gasteiger partial charge in [-0.25, -0.2) is 4.79 Å². The van der Waals surface area contributed by atoms with Crippen LogP contribution in [0.1, 0.15) is 24.0 Å². The minimum absolute atomic E-state index is 0.402. The highest BCUT2D eigenvalue weighted by molar-refractivity contribution is 6.30. The molecule has 0 atom stereocenters. The monoisotopic (exact) mass is 235 g/mol. The number of carbonyl (C=O) groups excluding carboxylic acids is 1. The Morgan fingerprint density at radius 1 is 1.44 bits per heavy atom. The summed E-state index contributed by atoms with van der Waals surface area (Å²) in [5.41, 5.74) is 1.67. The molecule has 16 heavy (non-hydrogen) atoms. The van der Waals surface area contributed by atoms with Crippen molar-refractivity contribution in [2.75, 3.05) is 6.61 Å². The first-order valence-electron chi connectivity index (χ1n) is 5.30. The lowest BCUT2D eigenvalue weighted by Gasteiger charge is -2.13. The molecule has 0 N–H and O–H groups in total. The number of isocyanates is 1. The molecular formula is C12H10ClNO2. The van der Waals surface area contributed by atoms with Crippen LogP contribution in [0.15, 0.2) is 17.1 Å². The van der Waals surface area contributed by atoms with Crippen LogP contribution in [-0.4, -0.2) is 12.7 Å². The van der Waals surface area contributed by atoms with E-state index >= 15 is 0 Å². The lowest BCUT2D eigenvalue weighted by Crippen LogP contribution is -2.05. The number of halogens is 1. The Bertz CT molecular complexity index is 502. The quantitative estimate of drug-likeness (QED) is 0.584. The molecule has 0 bridgehead atoms. The van der Waals surface area contributed by atoms with Crippen molar-refractivity contribution in [2.45, 2.75) is 24.8 Å². The van der Waals surface area contributed by atoms with E-state index in [1.54, 1.807) is 6.08 Å². The first-order valence-corrected chi connectivity index (χ1v) is 5.68. The predicted octanol–water partition coefficient (Wildman–Crippen LogP) is 2.60. The van der Waals surface area contributed by atoms with Gasteiger partial charge in [0.25, 0.3) is 0 Å². The number of fused-ring (bicyclic) bond motifs is 1. The second-order valence-electron chi connectivity index (χ2n) is 4.27. The number of aliphatic imine (C=N–C) groups is 1. The maximum absolute atomic E-state index is 10.5. The lowest BCUT2D eigenvalue weighted by atomic mass is 10.0. The number of ether oxygens (including phenoxy) is 1. The summed E-state index contributed by atoms with van der Waals surface area (Å²) in [7, 11) is 0. The highest BCUT2D eigenvalue weighted by Gasteiger charge is 2.48. The van der Waals surface area contributed by atoms with Crippen LogP contribution in [0.2, 0.25) is 5.02 Å². The first-order chi connectivity index (χ1) is 7.75. The van der Waals surface area contributed by atoms with Crippen molar-refractivity contribution in [1.82, 2.24) is 0 Å². The van der Waals surface area contributed by atoms with Crippen molar-refractivity contribution >= 4 is 17.7 Å². The molecule has 0 spiro atoms. The normalized spacial score (nSPS) is 19.6. The fraction of sp³-hybridized carbons (Fsp3) is 0.417. The van der Waals surface area contributed by atoms with Gasteiger partial charge in [-0.05, 0) is 30.5 Å². The van der Waals surface area contributed by atoms with Gasteiger partial charge in [0.15, 0.2) is 0 Å². The molecule has 1 aromatic carbocycles. The average Bonchev–Trinajstić information content (AvgIpc) is 2.88. The van der Waals surface area contributed by atoms with E-state index < -0.39 is 5.54 Å². The molecule has 0 radical (unpaired) electrons. The Kier molecular flexibility index (Phi) is 2.06. The molecule has 1 fully saturated rings. The van der Waals surface area contributed by atoms with Gasteiger partial charge in [0.05, 0.1) is 6.61 Å². The molecule has 1 heterocycles. The zero-order chi connectivity index (χ0) is 11.2. The zero-order valence-corrected chi connectivity index (χ0v) is 9.38. The van der Waals surface area contributed by atoms with E-state index in [1.165, 1.54) is 0 Å². The van der Waals surface area contributed by atoms with Crippen LogP contribution in [0.25, 0.3) is 0 Å². The summed E-state index contributed by atoms with van der Waals surface area (Å²) in [5.74, 6) is 0.876. The number of rotatable bonds is 2. The third-order valence-corrected chi connectivity index (χ3v) is 3.45. The summed E-state index contributed by atoms with van der Waals surface area (Å²) in [6.07, 6.45) is 4.28. The van der Waals surface area contributed by atoms with Crippen LogP contribution in [0.5, 0.6) is 5.75 Å². The van der Waals surface area contributed by atoms with Crippen LogP contribution < -0.4 is 4.74 Å². The molecule has 1 saturated carbocycles. The Balaban J connectivity index is 2.17. The predicted molar refractivity (Wildman–Crippen MR) is 59.7 cm³/mol. The van der Waals surface area contributed by atoms with Gasteiger partial charge >= 0.3 is 0 Å². The third kappa shape index (κ3) is 1.36. The van der Waals surface area contributed by atoms with Crippen LogP contribution in [0, 0.1) is 0 Å². The number of hydrogen-bond acceptors (Lipinski definition) is 3. The number of nitrogens with zero attached hydrogens (tertiary/aromatic N) is 1. The van der Waals surface area contributed by atoms with Gasteiger partial charge < -0.3 is 4.74 Å². The molecule has 0 saturated heterocycles. The molecule has 0 unspecified atom stereocenters. The van der Waals surface area contributed by atoms with Crippen molar-refractivity contribution in [3.63, 3.8) is 0 Å². The average molecular weight is 236 g/mol. The summed E-state index contributed by atoms with van der Waals surface area (Å²) in [4.78, 5) is 14.4. The Labute approximate surface area is 98.1 Å². The lowest BCUT2D eigenvalue weighted by molar-refractivity contribution is 0.350. The largest absolute Gasteiger partial charge is 0.493 e. The van der Waals surface area contributed by atoms with Gasteiger partial charge in [-0.15, -0.1) is 0 Å². The second kappa shape index (κ2) is 3.34. The maximum atomic E-state index is 10.5. The van der Waals surface area contributed by atoms with E-state index in [-0.39, 0.29) is 0 Å². The summed E-state index contributed by atoms with van der Waals surface area (Å²) in [5, 5.41) is 0.687. The van der Waals surface area contributed by atoms with E-state index in [9.17, 15) is 4.79 Å². The maximum Gasteiger partial charge on any atom is 0.235 e. The molecule has 1 aliphatic carbocycles. The Morgan fingerprint density at radius 3 is 2.94 bits per heavy atom. The van der Waals surface area contributed by atoms with Crippen molar-refractivity contribution < 1.29 is 9.53 Å². The van der Waals surface area contributed by atoms with Gasteiger partial charge in [-0.3, -0.25) is 0 Å². The Hall–Kier alpha value is -1.31. The first kappa shape index (κ1) is 9.88. The second-order valence-corrected chi connectivity index (χ2v) is 4.71. The van der Waals surface area contributed by atoms with E-state index in [4.69, 9.17) is 16.3 Å². The SMILES string of the molecule is O=C=NC1(c2cc(Cl)cc3c2OCC3)CC1. The van der Waals surface area contributed by atoms with Crippen LogP contribution in [0.4, 0.5) is 0 Å². The molecule has 0 aromatic heterocycles. The van der Waals surface area contributed by atoms with E-state index in [1.807, 2.05) is 12.1 Å². The van der Waals surface area contributed by atoms with Crippen LogP contribution in [-0.2, 0) is 16.8 Å². The summed E-state index contributed by atoms with van der Waals surface area (Å²) in [6, 6.07) is 3.79. The third-order valence-electron chi connectivity index (χ3n) is 3.23. The minimum Gasteiger partial charge on any atom is -0.493 e. The van der Waals surface area contributed by atoms with Gasteiger partial charge in [0, 0.05) is 17.0 Å². The van der Waals surface area contributed by atoms with Crippen LogP contribution >= 0.6 is 11.6 Å². The number of hydrogen-bond donors (Lipinski definition) is 0. The molecule has 1 aliphatic heterocycles. The topological polar surface area (TPSA) is 38.7 Å². The molecule has 3 nitrogen and oxygen atoms in total. The molecule has 1 aromatic rings. The molecule has 4 heteroatoms. The van der Waals surface area contributed by atoms with E-state index in [0.29, 0.717) is 11.6 Å². The Morgan fingerprint density at radius 2 is 2.25 bits per heavy atom. The molecular weight excluding hydrogens is 226 g/mol. The van der Waals surface area contributed by atoms with Gasteiger partial charge in [-0.2, -0.15) is 4.99 Å². The summed E-state index contributed by atoms with van der Waals surface area (Å²) >= 11 is 6.07. The van der Waals surface area contributed by atoms with Gasteiger partial charge in [0.2, 0.25) is 6.08 Å². The van der Waals surface area contributed by atoms with Gasteiger partial charge in [-0.1, -0.05) is 11.6 Å². The summed E-state index contributed by atoms with van der Waals surface area (Å²) in [6.45, 7) is 0.684. The fourth-order valence-corrected chi connectivity index (χ4v) is 2.50. The summed E-state index contributed by atoms with van der Waals surface area (Å²) < 4.78 is 5.61. The van der Waals surface area contributed by atoms with Crippen molar-refractivity contribution in [3.05, 3.63) is 28.3 Å². The zero-order valence-electron chi connectivity index (χ0n) is 8.62. The molecule has 0 amide bonds. The smallest absolute Gasteiger partial charge is 0.235 e. The van der Waals surface area contributed by atoms with Gasteiger partial charge in [0.1, 0.15) is 11.3 Å². The highest BCUT2D eigenvalue weighted by atomic mass is 35.5. The van der Waals surface area contributed by atoms with Crippen molar-refractivity contribution in [3.8, 4) is 5.75 Å². The number of benzene rings is 1. The minimum atomic E-state index is -0.402.